The molecule has 56 valence electrons. The fraction of sp³-hybridized carbons (Fsp3) is 0.333. The second kappa shape index (κ2) is 3.25. The number of hydrogen-bond donors (Lipinski definition) is 1. The molecule has 0 atom stereocenters. The number of allylic oxidation sites excluding steroid dienone is 3. The van der Waals surface area contributed by atoms with Crippen LogP contribution in [0.3, 0.4) is 0 Å². The first kappa shape index (κ1) is 9.02. The Bertz CT molecular complexity index is 175. The molecule has 0 aliphatic rings. The van der Waals surface area contributed by atoms with Gasteiger partial charge in [-0.05, 0) is 31.9 Å². The first-order valence-corrected chi connectivity index (χ1v) is 3.25. The third-order valence-electron chi connectivity index (χ3n) is 1.68. The van der Waals surface area contributed by atoms with Gasteiger partial charge in [0.25, 0.3) is 0 Å². The Morgan fingerprint density at radius 1 is 1.00 bits per heavy atom. The van der Waals surface area contributed by atoms with E-state index in [1.54, 1.807) is 0 Å². The predicted molar refractivity (Wildman–Crippen MR) is 46.5 cm³/mol. The summed E-state index contributed by atoms with van der Waals surface area (Å²) in [4.78, 5) is 0. The molecule has 0 heterocycles. The van der Waals surface area contributed by atoms with Gasteiger partial charge in [0.1, 0.15) is 0 Å². The quantitative estimate of drug-likeness (QED) is 0.581. The predicted octanol–water partition coefficient (Wildman–Crippen LogP) is 2.37. The molecule has 0 aliphatic heterocycles. The molecular formula is C9H15N. The molecule has 0 saturated carbocycles. The van der Waals surface area contributed by atoms with Crippen molar-refractivity contribution in [3.05, 3.63) is 35.6 Å². The van der Waals surface area contributed by atoms with Crippen LogP contribution in [0, 0.1) is 0 Å². The van der Waals surface area contributed by atoms with Crippen LogP contribution in [0.25, 0.3) is 0 Å². The summed E-state index contributed by atoms with van der Waals surface area (Å²) < 4.78 is 0. The van der Waals surface area contributed by atoms with E-state index < -0.39 is 0 Å². The SMILES string of the molecule is C=C(C)/C(C)=C(/C)C(=C)N. The Morgan fingerprint density at radius 3 is 1.50 bits per heavy atom. The van der Waals surface area contributed by atoms with Crippen LogP contribution in [0.15, 0.2) is 35.6 Å². The Balaban J connectivity index is 4.67. The van der Waals surface area contributed by atoms with Crippen LogP contribution in [0.1, 0.15) is 20.8 Å². The van der Waals surface area contributed by atoms with E-state index >= 15 is 0 Å². The maximum absolute atomic E-state index is 5.48. The molecule has 0 saturated heterocycles. The Morgan fingerprint density at radius 2 is 1.40 bits per heavy atom. The molecule has 0 fully saturated rings. The minimum atomic E-state index is 0.625. The topological polar surface area (TPSA) is 26.0 Å². The fourth-order valence-electron chi connectivity index (χ4n) is 0.561. The van der Waals surface area contributed by atoms with Gasteiger partial charge < -0.3 is 5.73 Å². The van der Waals surface area contributed by atoms with E-state index in [-0.39, 0.29) is 0 Å². The van der Waals surface area contributed by atoms with E-state index in [0.717, 1.165) is 16.7 Å². The van der Waals surface area contributed by atoms with Crippen molar-refractivity contribution in [3.8, 4) is 0 Å². The van der Waals surface area contributed by atoms with Crippen molar-refractivity contribution in [2.45, 2.75) is 20.8 Å². The maximum atomic E-state index is 5.48. The van der Waals surface area contributed by atoms with Gasteiger partial charge in [-0.25, -0.2) is 0 Å². The Kier molecular flexibility index (Phi) is 2.94. The lowest BCUT2D eigenvalue weighted by molar-refractivity contribution is 1.21. The highest BCUT2D eigenvalue weighted by atomic mass is 14.6. The van der Waals surface area contributed by atoms with Crippen LogP contribution in [-0.4, -0.2) is 0 Å². The molecule has 0 bridgehead atoms. The van der Waals surface area contributed by atoms with Gasteiger partial charge in [0.2, 0.25) is 0 Å². The number of nitrogens with two attached hydrogens (primary N) is 1. The third-order valence-corrected chi connectivity index (χ3v) is 1.68. The zero-order valence-corrected chi connectivity index (χ0v) is 6.99. The lowest BCUT2D eigenvalue weighted by Gasteiger charge is -2.05. The highest BCUT2D eigenvalue weighted by Crippen LogP contribution is 2.14. The summed E-state index contributed by atoms with van der Waals surface area (Å²) in [5, 5.41) is 0. The van der Waals surface area contributed by atoms with Gasteiger partial charge in [-0.2, -0.15) is 0 Å². The lowest BCUT2D eigenvalue weighted by atomic mass is 10.0. The van der Waals surface area contributed by atoms with Gasteiger partial charge in [-0.15, -0.1) is 0 Å². The van der Waals surface area contributed by atoms with E-state index in [4.69, 9.17) is 5.73 Å². The molecule has 0 amide bonds. The van der Waals surface area contributed by atoms with Crippen LogP contribution < -0.4 is 5.73 Å². The average molecular weight is 137 g/mol. The highest BCUT2D eigenvalue weighted by molar-refractivity contribution is 5.37. The summed E-state index contributed by atoms with van der Waals surface area (Å²) in [7, 11) is 0. The maximum Gasteiger partial charge on any atom is 0.0273 e. The van der Waals surface area contributed by atoms with Crippen molar-refractivity contribution in [3.63, 3.8) is 0 Å². The van der Waals surface area contributed by atoms with Crippen molar-refractivity contribution in [2.24, 2.45) is 5.73 Å². The van der Waals surface area contributed by atoms with Gasteiger partial charge in [0.05, 0.1) is 0 Å². The van der Waals surface area contributed by atoms with Gasteiger partial charge in [0, 0.05) is 5.70 Å². The van der Waals surface area contributed by atoms with Gasteiger partial charge in [0.15, 0.2) is 0 Å². The van der Waals surface area contributed by atoms with Crippen LogP contribution >= 0.6 is 0 Å². The van der Waals surface area contributed by atoms with Crippen LogP contribution in [-0.2, 0) is 0 Å². The van der Waals surface area contributed by atoms with Crippen molar-refractivity contribution < 1.29 is 0 Å². The molecule has 0 radical (unpaired) electrons. The molecule has 1 nitrogen and oxygen atoms in total. The minimum Gasteiger partial charge on any atom is -0.399 e. The average Bonchev–Trinajstić information content (AvgIpc) is 1.84. The second-order valence-electron chi connectivity index (χ2n) is 2.56. The molecule has 0 unspecified atom stereocenters. The van der Waals surface area contributed by atoms with E-state index in [9.17, 15) is 0 Å². The lowest BCUT2D eigenvalue weighted by Crippen LogP contribution is -1.98. The van der Waals surface area contributed by atoms with Gasteiger partial charge in [-0.1, -0.05) is 18.7 Å². The monoisotopic (exact) mass is 137 g/mol. The first-order chi connectivity index (χ1) is 4.46. The zero-order valence-electron chi connectivity index (χ0n) is 6.99. The van der Waals surface area contributed by atoms with Crippen LogP contribution in [0.4, 0.5) is 0 Å². The summed E-state index contributed by atoms with van der Waals surface area (Å²) in [6.45, 7) is 13.3. The van der Waals surface area contributed by atoms with Crippen LogP contribution in [0.2, 0.25) is 0 Å². The molecular weight excluding hydrogens is 122 g/mol. The molecule has 0 aromatic heterocycles. The molecule has 10 heavy (non-hydrogen) atoms. The van der Waals surface area contributed by atoms with Gasteiger partial charge in [-0.3, -0.25) is 0 Å². The summed E-state index contributed by atoms with van der Waals surface area (Å²) in [5.41, 5.74) is 9.32. The van der Waals surface area contributed by atoms with E-state index in [1.807, 2.05) is 20.8 Å². The number of rotatable bonds is 2. The molecule has 0 rings (SSSR count). The van der Waals surface area contributed by atoms with Crippen LogP contribution in [0.5, 0.6) is 0 Å². The molecule has 0 aliphatic carbocycles. The normalized spacial score (nSPS) is 12.3. The highest BCUT2D eigenvalue weighted by Gasteiger charge is 1.97. The standard InChI is InChI=1S/C9H15N/c1-6(2)7(3)8(4)9(5)10/h1,5,10H2,2-4H3/b8-7-. The third kappa shape index (κ3) is 2.09. The first-order valence-electron chi connectivity index (χ1n) is 3.25. The summed E-state index contributed by atoms with van der Waals surface area (Å²) in [6.07, 6.45) is 0. The Labute approximate surface area is 62.9 Å². The van der Waals surface area contributed by atoms with E-state index in [1.165, 1.54) is 0 Å². The van der Waals surface area contributed by atoms with Crippen molar-refractivity contribution in [1.29, 1.82) is 0 Å². The molecule has 1 heteroatoms. The minimum absolute atomic E-state index is 0.625. The summed E-state index contributed by atoms with van der Waals surface area (Å²) in [6, 6.07) is 0. The summed E-state index contributed by atoms with van der Waals surface area (Å²) in [5.74, 6) is 0. The Hall–Kier alpha value is -0.980. The second-order valence-corrected chi connectivity index (χ2v) is 2.56. The van der Waals surface area contributed by atoms with Crippen molar-refractivity contribution >= 4 is 0 Å². The van der Waals surface area contributed by atoms with Gasteiger partial charge >= 0.3 is 0 Å². The molecule has 0 aromatic rings. The zero-order chi connectivity index (χ0) is 8.31. The number of hydrogen-bond acceptors (Lipinski definition) is 1. The van der Waals surface area contributed by atoms with E-state index in [2.05, 4.69) is 13.2 Å². The smallest absolute Gasteiger partial charge is 0.0273 e. The molecule has 2 N–H and O–H groups in total. The largest absolute Gasteiger partial charge is 0.399 e. The van der Waals surface area contributed by atoms with Crippen molar-refractivity contribution in [2.75, 3.05) is 0 Å². The summed E-state index contributed by atoms with van der Waals surface area (Å²) >= 11 is 0. The molecule has 0 aromatic carbocycles. The van der Waals surface area contributed by atoms with E-state index in [0.29, 0.717) is 5.70 Å². The fourth-order valence-corrected chi connectivity index (χ4v) is 0.561. The van der Waals surface area contributed by atoms with Crippen molar-refractivity contribution in [1.82, 2.24) is 0 Å². The molecule has 0 spiro atoms.